The lowest BCUT2D eigenvalue weighted by molar-refractivity contribution is -0.143. The summed E-state index contributed by atoms with van der Waals surface area (Å²) in [5.74, 6) is 0.186. The summed E-state index contributed by atoms with van der Waals surface area (Å²) < 4.78 is 0. The minimum atomic E-state index is -0.364. The van der Waals surface area contributed by atoms with Gasteiger partial charge in [-0.05, 0) is 37.0 Å². The normalized spacial score (nSPS) is 23.5. The fourth-order valence-corrected chi connectivity index (χ4v) is 4.17. The zero-order valence-corrected chi connectivity index (χ0v) is 14.5. The first-order valence-corrected chi connectivity index (χ1v) is 8.88. The number of amides is 2. The molecule has 5 nitrogen and oxygen atoms in total. The molecule has 0 bridgehead atoms. The van der Waals surface area contributed by atoms with Gasteiger partial charge in [0.1, 0.15) is 5.69 Å². The molecule has 3 heterocycles. The first-order valence-electron chi connectivity index (χ1n) is 8.88. The fraction of sp³-hybridized carbons (Fsp3) is 0.400. The quantitative estimate of drug-likeness (QED) is 0.916. The molecular formula is C20H23N3O2. The Morgan fingerprint density at radius 2 is 1.88 bits per heavy atom. The maximum Gasteiger partial charge on any atom is 0.270 e. The Labute approximate surface area is 147 Å². The summed E-state index contributed by atoms with van der Waals surface area (Å²) in [7, 11) is 1.87. The standard InChI is InChI=1S/C20H23N3O2/c1-22-12-5-10-20(19(22)25)11-13-23(14-20)18(24)17-9-8-16(21-17)15-6-3-2-4-7-15/h2-4,6-9,21H,5,10-14H2,1H3/t20-/m0/s1. The summed E-state index contributed by atoms with van der Waals surface area (Å²) in [6.45, 7) is 2.01. The van der Waals surface area contributed by atoms with Crippen LogP contribution in [0.5, 0.6) is 0 Å². The highest BCUT2D eigenvalue weighted by Gasteiger charge is 2.48. The topological polar surface area (TPSA) is 56.4 Å². The van der Waals surface area contributed by atoms with Gasteiger partial charge in [0.2, 0.25) is 5.91 Å². The molecule has 2 fully saturated rings. The molecule has 2 aromatic rings. The predicted molar refractivity (Wildman–Crippen MR) is 96.1 cm³/mol. The lowest BCUT2D eigenvalue weighted by Crippen LogP contribution is -2.48. The number of aromatic nitrogens is 1. The number of carbonyl (C=O) groups excluding carboxylic acids is 2. The van der Waals surface area contributed by atoms with E-state index in [1.807, 2.05) is 59.3 Å². The van der Waals surface area contributed by atoms with E-state index in [2.05, 4.69) is 4.98 Å². The van der Waals surface area contributed by atoms with E-state index in [4.69, 9.17) is 0 Å². The summed E-state index contributed by atoms with van der Waals surface area (Å²) in [6.07, 6.45) is 2.68. The van der Waals surface area contributed by atoms with Crippen LogP contribution in [0.2, 0.25) is 0 Å². The number of benzene rings is 1. The van der Waals surface area contributed by atoms with E-state index in [1.54, 1.807) is 0 Å². The summed E-state index contributed by atoms with van der Waals surface area (Å²) in [4.78, 5) is 32.4. The number of likely N-dealkylation sites (tertiary alicyclic amines) is 2. The number of hydrogen-bond acceptors (Lipinski definition) is 2. The van der Waals surface area contributed by atoms with Crippen molar-refractivity contribution in [1.82, 2.24) is 14.8 Å². The van der Waals surface area contributed by atoms with Crippen molar-refractivity contribution in [2.45, 2.75) is 19.3 Å². The van der Waals surface area contributed by atoms with Crippen molar-refractivity contribution in [2.75, 3.05) is 26.7 Å². The minimum absolute atomic E-state index is 0.0138. The molecule has 2 amide bonds. The van der Waals surface area contributed by atoms with E-state index in [1.165, 1.54) is 0 Å². The Hall–Kier alpha value is -2.56. The van der Waals surface area contributed by atoms with Gasteiger partial charge in [0, 0.05) is 32.4 Å². The molecule has 2 saturated heterocycles. The van der Waals surface area contributed by atoms with Crippen LogP contribution in [0.15, 0.2) is 42.5 Å². The molecule has 130 valence electrons. The van der Waals surface area contributed by atoms with Gasteiger partial charge in [-0.1, -0.05) is 30.3 Å². The van der Waals surface area contributed by atoms with Gasteiger partial charge in [0.15, 0.2) is 0 Å². The van der Waals surface area contributed by atoms with Gasteiger partial charge in [-0.3, -0.25) is 9.59 Å². The first kappa shape index (κ1) is 15.9. The van der Waals surface area contributed by atoms with Crippen molar-refractivity contribution in [3.63, 3.8) is 0 Å². The van der Waals surface area contributed by atoms with Gasteiger partial charge in [-0.15, -0.1) is 0 Å². The predicted octanol–water partition coefficient (Wildman–Crippen LogP) is 2.77. The number of rotatable bonds is 2. The van der Waals surface area contributed by atoms with Crippen LogP contribution in [-0.2, 0) is 4.79 Å². The molecule has 1 N–H and O–H groups in total. The van der Waals surface area contributed by atoms with Crippen molar-refractivity contribution in [1.29, 1.82) is 0 Å². The molecule has 0 unspecified atom stereocenters. The number of H-pyrrole nitrogens is 1. The molecule has 0 saturated carbocycles. The van der Waals surface area contributed by atoms with E-state index in [-0.39, 0.29) is 17.2 Å². The van der Waals surface area contributed by atoms with Gasteiger partial charge in [-0.2, -0.15) is 0 Å². The van der Waals surface area contributed by atoms with Crippen LogP contribution in [-0.4, -0.2) is 53.3 Å². The highest BCUT2D eigenvalue weighted by atomic mass is 16.2. The second-order valence-electron chi connectivity index (χ2n) is 7.24. The van der Waals surface area contributed by atoms with Gasteiger partial charge in [0.25, 0.3) is 5.91 Å². The molecule has 1 spiro atoms. The summed E-state index contributed by atoms with van der Waals surface area (Å²) in [5, 5.41) is 0. The van der Waals surface area contributed by atoms with E-state index in [9.17, 15) is 9.59 Å². The highest BCUT2D eigenvalue weighted by Crippen LogP contribution is 2.40. The molecule has 1 atom stereocenters. The monoisotopic (exact) mass is 337 g/mol. The molecule has 0 radical (unpaired) electrons. The van der Waals surface area contributed by atoms with Crippen LogP contribution in [0.3, 0.4) is 0 Å². The molecule has 1 aromatic carbocycles. The molecule has 25 heavy (non-hydrogen) atoms. The second kappa shape index (κ2) is 6.06. The summed E-state index contributed by atoms with van der Waals surface area (Å²) >= 11 is 0. The molecule has 5 heteroatoms. The van der Waals surface area contributed by atoms with E-state index in [0.29, 0.717) is 18.8 Å². The number of aromatic amines is 1. The van der Waals surface area contributed by atoms with E-state index in [0.717, 1.165) is 37.1 Å². The SMILES string of the molecule is CN1CCC[C@@]2(CCN(C(=O)c3ccc(-c4ccccc4)[nH]3)C2)C1=O. The van der Waals surface area contributed by atoms with E-state index < -0.39 is 0 Å². The Kier molecular flexibility index (Phi) is 3.86. The zero-order chi connectivity index (χ0) is 17.4. The first-order chi connectivity index (χ1) is 12.1. The molecule has 0 aliphatic carbocycles. The van der Waals surface area contributed by atoms with Crippen LogP contribution in [0, 0.1) is 5.41 Å². The van der Waals surface area contributed by atoms with Crippen molar-refractivity contribution >= 4 is 11.8 Å². The van der Waals surface area contributed by atoms with Gasteiger partial charge >= 0.3 is 0 Å². The maximum absolute atomic E-state index is 12.9. The Morgan fingerprint density at radius 3 is 2.68 bits per heavy atom. The second-order valence-corrected chi connectivity index (χ2v) is 7.24. The van der Waals surface area contributed by atoms with Crippen molar-refractivity contribution < 1.29 is 9.59 Å². The Bertz CT molecular complexity index is 798. The third-order valence-corrected chi connectivity index (χ3v) is 5.59. The molecule has 1 aromatic heterocycles. The molecule has 4 rings (SSSR count). The maximum atomic E-state index is 12.9. The van der Waals surface area contributed by atoms with Crippen molar-refractivity contribution in [2.24, 2.45) is 5.41 Å². The highest BCUT2D eigenvalue weighted by molar-refractivity contribution is 5.95. The molecule has 2 aliphatic heterocycles. The summed E-state index contributed by atoms with van der Waals surface area (Å²) in [5.41, 5.74) is 2.22. The zero-order valence-electron chi connectivity index (χ0n) is 14.5. The van der Waals surface area contributed by atoms with Crippen LogP contribution in [0.1, 0.15) is 29.8 Å². The average molecular weight is 337 g/mol. The van der Waals surface area contributed by atoms with Gasteiger partial charge in [0.05, 0.1) is 5.41 Å². The number of hydrogen-bond donors (Lipinski definition) is 1. The van der Waals surface area contributed by atoms with Crippen molar-refractivity contribution in [3.8, 4) is 11.3 Å². The average Bonchev–Trinajstić information content (AvgIpc) is 3.28. The van der Waals surface area contributed by atoms with Crippen LogP contribution < -0.4 is 0 Å². The number of nitrogens with zero attached hydrogens (tertiary/aromatic N) is 2. The lowest BCUT2D eigenvalue weighted by atomic mass is 9.78. The third-order valence-electron chi connectivity index (χ3n) is 5.59. The number of nitrogens with one attached hydrogen (secondary N) is 1. The number of piperidine rings is 1. The van der Waals surface area contributed by atoms with Crippen LogP contribution in [0.4, 0.5) is 0 Å². The largest absolute Gasteiger partial charge is 0.351 e. The fourth-order valence-electron chi connectivity index (χ4n) is 4.17. The smallest absolute Gasteiger partial charge is 0.270 e. The van der Waals surface area contributed by atoms with Gasteiger partial charge in [-0.25, -0.2) is 0 Å². The lowest BCUT2D eigenvalue weighted by Gasteiger charge is -2.37. The van der Waals surface area contributed by atoms with Crippen LogP contribution >= 0.6 is 0 Å². The van der Waals surface area contributed by atoms with Crippen LogP contribution in [0.25, 0.3) is 11.3 Å². The minimum Gasteiger partial charge on any atom is -0.351 e. The van der Waals surface area contributed by atoms with E-state index >= 15 is 0 Å². The molecule has 2 aliphatic rings. The third kappa shape index (κ3) is 2.73. The summed E-state index contributed by atoms with van der Waals surface area (Å²) in [6, 6.07) is 13.7. The Morgan fingerprint density at radius 1 is 1.08 bits per heavy atom. The van der Waals surface area contributed by atoms with Crippen molar-refractivity contribution in [3.05, 3.63) is 48.2 Å². The Balaban J connectivity index is 1.51. The molecular weight excluding hydrogens is 314 g/mol. The van der Waals surface area contributed by atoms with Gasteiger partial charge < -0.3 is 14.8 Å². The number of carbonyl (C=O) groups is 2.